The van der Waals surface area contributed by atoms with Crippen LogP contribution in [-0.4, -0.2) is 36.5 Å². The van der Waals surface area contributed by atoms with E-state index in [1.807, 2.05) is 0 Å². The Morgan fingerprint density at radius 1 is 0.317 bits per heavy atom. The zero-order valence-electron chi connectivity index (χ0n) is 38.0. The number of rotatable bonds is 39. The summed E-state index contributed by atoms with van der Waals surface area (Å²) in [6.45, 7) is 7.38. The fourth-order valence-electron chi connectivity index (χ4n) is 5.77. The number of ether oxygens (including phenoxy) is 4. The van der Waals surface area contributed by atoms with E-state index in [2.05, 4.69) is 111 Å². The van der Waals surface area contributed by atoms with Gasteiger partial charge in [-0.1, -0.05) is 150 Å². The first-order chi connectivity index (χ1) is 29.3. The molecule has 0 fully saturated rings. The average Bonchev–Trinajstić information content (AvgIpc) is 3.21. The average molecular weight is 835 g/mol. The Balaban J connectivity index is 3.83. The van der Waals surface area contributed by atoms with Crippen LogP contribution in [0.5, 0.6) is 0 Å². The van der Waals surface area contributed by atoms with Crippen molar-refractivity contribution < 1.29 is 38.1 Å². The Morgan fingerprint density at radius 3 is 0.817 bits per heavy atom. The van der Waals surface area contributed by atoms with Crippen molar-refractivity contribution >= 4 is 23.9 Å². The summed E-state index contributed by atoms with van der Waals surface area (Å²) in [5.41, 5.74) is 0. The molecule has 0 saturated carbocycles. The van der Waals surface area contributed by atoms with Crippen LogP contribution < -0.4 is 0 Å². The van der Waals surface area contributed by atoms with Gasteiger partial charge >= 0.3 is 23.9 Å². The minimum absolute atomic E-state index is 0.242. The van der Waals surface area contributed by atoms with Gasteiger partial charge in [0, 0.05) is 26.7 Å². The summed E-state index contributed by atoms with van der Waals surface area (Å²) in [6, 6.07) is 0. The first kappa shape index (κ1) is 55.8. The maximum absolute atomic E-state index is 12.2. The maximum atomic E-state index is 12.2. The summed E-state index contributed by atoms with van der Waals surface area (Å²) in [5.74, 6) is -2.26. The highest BCUT2D eigenvalue weighted by Crippen LogP contribution is 2.11. The topological polar surface area (TPSA) is 105 Å². The molecule has 0 heterocycles. The fraction of sp³-hybridized carbons (Fsp3) is 0.615. The van der Waals surface area contributed by atoms with Gasteiger partial charge < -0.3 is 18.9 Å². The second-order valence-corrected chi connectivity index (χ2v) is 15.0. The van der Waals surface area contributed by atoms with Gasteiger partial charge in [-0.2, -0.15) is 0 Å². The molecular formula is C52H82O8. The second-order valence-electron chi connectivity index (χ2n) is 15.0. The Hall–Kier alpha value is -4.20. The van der Waals surface area contributed by atoms with Crippen molar-refractivity contribution in [1.82, 2.24) is 0 Å². The van der Waals surface area contributed by atoms with Gasteiger partial charge in [0.1, 0.15) is 0 Å². The summed E-state index contributed by atoms with van der Waals surface area (Å²) in [6.07, 6.45) is 56.0. The third kappa shape index (κ3) is 43.4. The largest absolute Gasteiger partial charge is 0.425 e. The number of allylic oxidation sites excluding steroid dienone is 16. The zero-order chi connectivity index (χ0) is 44.0. The van der Waals surface area contributed by atoms with Crippen molar-refractivity contribution in [2.75, 3.05) is 0 Å². The minimum Gasteiger partial charge on any atom is -0.425 e. The Labute approximate surface area is 365 Å². The third-order valence-electron chi connectivity index (χ3n) is 9.14. The summed E-state index contributed by atoms with van der Waals surface area (Å²) in [5, 5.41) is 0. The lowest BCUT2D eigenvalue weighted by Crippen LogP contribution is -2.24. The molecule has 0 aromatic heterocycles. The van der Waals surface area contributed by atoms with Crippen LogP contribution in [0.1, 0.15) is 195 Å². The van der Waals surface area contributed by atoms with E-state index in [1.54, 1.807) is 0 Å². The molecule has 2 atom stereocenters. The SMILES string of the molecule is CCCCC/C=C\C/C=C\C/C=C\C/C=C\CCCCCC(=O)OC(C)OC(=O)CCC(=O)OC(C)OC(=O)CCCCC/C=C\C/C=C\C/C=C\C/C=C\CCCCC. The standard InChI is InChI=1S/C52H82O8/c1-5-7-9-11-13-15-17-19-21-23-25-27-29-31-33-35-37-39-41-43-49(53)57-47(3)59-51(55)45-46-52(56)60-48(4)58-50(54)44-42-40-38-36-34-32-30-28-26-24-22-20-18-16-14-12-10-8-6-2/h13-16,19-22,25-28,31-34,47-48H,5-12,17-18,23-24,29-30,35-46H2,1-4H3/b15-13-,16-14-,21-19-,22-20-,27-25-,28-26-,33-31-,34-32-. The minimum atomic E-state index is -1.06. The lowest BCUT2D eigenvalue weighted by molar-refractivity contribution is -0.190. The lowest BCUT2D eigenvalue weighted by Gasteiger charge is -2.15. The molecule has 0 spiro atoms. The van der Waals surface area contributed by atoms with Gasteiger partial charge in [0.25, 0.3) is 0 Å². The van der Waals surface area contributed by atoms with Crippen LogP contribution in [0, 0.1) is 0 Å². The van der Waals surface area contributed by atoms with E-state index in [4.69, 9.17) is 18.9 Å². The molecule has 0 rings (SSSR count). The van der Waals surface area contributed by atoms with Crippen LogP contribution >= 0.6 is 0 Å². The quantitative estimate of drug-likeness (QED) is 0.0261. The number of carbonyl (C=O) groups excluding carboxylic acids is 4. The molecule has 0 aliphatic carbocycles. The molecule has 0 N–H and O–H groups in total. The third-order valence-corrected chi connectivity index (χ3v) is 9.14. The molecule has 0 radical (unpaired) electrons. The molecular weight excluding hydrogens is 753 g/mol. The van der Waals surface area contributed by atoms with Crippen molar-refractivity contribution in [1.29, 1.82) is 0 Å². The molecule has 0 amide bonds. The van der Waals surface area contributed by atoms with Crippen LogP contribution in [0.15, 0.2) is 97.2 Å². The normalized spacial score (nSPS) is 13.3. The number of carbonyl (C=O) groups is 4. The zero-order valence-corrected chi connectivity index (χ0v) is 38.0. The Bertz CT molecular complexity index is 1210. The van der Waals surface area contributed by atoms with Gasteiger partial charge in [0.15, 0.2) is 0 Å². The summed E-state index contributed by atoms with van der Waals surface area (Å²) in [4.78, 5) is 48.6. The van der Waals surface area contributed by atoms with Crippen LogP contribution in [0.2, 0.25) is 0 Å². The molecule has 2 unspecified atom stereocenters. The van der Waals surface area contributed by atoms with Crippen LogP contribution in [0.25, 0.3) is 0 Å². The molecule has 60 heavy (non-hydrogen) atoms. The van der Waals surface area contributed by atoms with Gasteiger partial charge in [-0.25, -0.2) is 0 Å². The molecule has 8 nitrogen and oxygen atoms in total. The van der Waals surface area contributed by atoms with Gasteiger partial charge in [0.2, 0.25) is 12.6 Å². The van der Waals surface area contributed by atoms with Crippen LogP contribution in [0.4, 0.5) is 0 Å². The Kier molecular flexibility index (Phi) is 41.3. The van der Waals surface area contributed by atoms with E-state index < -0.39 is 36.5 Å². The van der Waals surface area contributed by atoms with Gasteiger partial charge in [0.05, 0.1) is 12.8 Å². The summed E-state index contributed by atoms with van der Waals surface area (Å²) < 4.78 is 20.6. The summed E-state index contributed by atoms with van der Waals surface area (Å²) >= 11 is 0. The smallest absolute Gasteiger partial charge is 0.309 e. The molecule has 0 saturated heterocycles. The number of hydrogen-bond acceptors (Lipinski definition) is 8. The van der Waals surface area contributed by atoms with E-state index in [0.29, 0.717) is 12.8 Å². The Morgan fingerprint density at radius 2 is 0.550 bits per heavy atom. The first-order valence-corrected chi connectivity index (χ1v) is 23.3. The predicted octanol–water partition coefficient (Wildman–Crippen LogP) is 14.5. The van der Waals surface area contributed by atoms with Crippen molar-refractivity contribution in [3.05, 3.63) is 97.2 Å². The van der Waals surface area contributed by atoms with E-state index in [1.165, 1.54) is 65.2 Å². The number of esters is 4. The van der Waals surface area contributed by atoms with Crippen molar-refractivity contribution in [3.63, 3.8) is 0 Å². The van der Waals surface area contributed by atoms with E-state index >= 15 is 0 Å². The second kappa shape index (κ2) is 44.4. The van der Waals surface area contributed by atoms with Crippen LogP contribution in [0.3, 0.4) is 0 Å². The van der Waals surface area contributed by atoms with Crippen molar-refractivity contribution in [2.45, 2.75) is 207 Å². The molecule has 0 bridgehead atoms. The molecule has 8 heteroatoms. The van der Waals surface area contributed by atoms with Crippen molar-refractivity contribution in [2.24, 2.45) is 0 Å². The molecule has 0 aromatic rings. The summed E-state index contributed by atoms with van der Waals surface area (Å²) in [7, 11) is 0. The molecule has 338 valence electrons. The van der Waals surface area contributed by atoms with E-state index in [9.17, 15) is 19.2 Å². The first-order valence-electron chi connectivity index (χ1n) is 23.3. The van der Waals surface area contributed by atoms with E-state index in [0.717, 1.165) is 77.0 Å². The maximum Gasteiger partial charge on any atom is 0.309 e. The molecule has 0 aliphatic rings. The molecule has 0 aromatic carbocycles. The van der Waals surface area contributed by atoms with Gasteiger partial charge in [-0.3, -0.25) is 19.2 Å². The number of unbranched alkanes of at least 4 members (excludes halogenated alkanes) is 12. The van der Waals surface area contributed by atoms with E-state index in [-0.39, 0.29) is 25.7 Å². The van der Waals surface area contributed by atoms with Crippen LogP contribution in [-0.2, 0) is 38.1 Å². The fourth-order valence-corrected chi connectivity index (χ4v) is 5.77. The highest BCUT2D eigenvalue weighted by molar-refractivity contribution is 5.78. The number of hydrogen-bond donors (Lipinski definition) is 0. The van der Waals surface area contributed by atoms with Gasteiger partial charge in [-0.05, 0) is 103 Å². The van der Waals surface area contributed by atoms with Gasteiger partial charge in [-0.15, -0.1) is 0 Å². The highest BCUT2D eigenvalue weighted by Gasteiger charge is 2.18. The lowest BCUT2D eigenvalue weighted by atomic mass is 10.1. The predicted molar refractivity (Wildman–Crippen MR) is 248 cm³/mol. The van der Waals surface area contributed by atoms with Crippen molar-refractivity contribution in [3.8, 4) is 0 Å². The molecule has 0 aliphatic heterocycles. The highest BCUT2D eigenvalue weighted by atomic mass is 16.7. The monoisotopic (exact) mass is 835 g/mol.